The summed E-state index contributed by atoms with van der Waals surface area (Å²) < 4.78 is 27.8. The lowest BCUT2D eigenvalue weighted by Gasteiger charge is -2.31. The molecule has 2 heterocycles. The van der Waals surface area contributed by atoms with Gasteiger partial charge in [0.15, 0.2) is 0 Å². The van der Waals surface area contributed by atoms with Crippen LogP contribution in [0.1, 0.15) is 32.6 Å². The summed E-state index contributed by atoms with van der Waals surface area (Å²) in [6.07, 6.45) is 3.09. The van der Waals surface area contributed by atoms with Crippen LogP contribution in [0.2, 0.25) is 0 Å². The van der Waals surface area contributed by atoms with Crippen LogP contribution in [0.15, 0.2) is 35.2 Å². The number of likely N-dealkylation sites (tertiary alicyclic amines) is 1. The van der Waals surface area contributed by atoms with E-state index < -0.39 is 21.5 Å². The first-order valence-corrected chi connectivity index (χ1v) is 11.8. The number of nitrogens with zero attached hydrogens (tertiary/aromatic N) is 2. The Labute approximate surface area is 172 Å². The van der Waals surface area contributed by atoms with E-state index >= 15 is 0 Å². The molecule has 1 N–H and O–H groups in total. The first-order valence-electron chi connectivity index (χ1n) is 10.4. The summed E-state index contributed by atoms with van der Waals surface area (Å²) in [5.41, 5.74) is -0.417. The molecule has 0 radical (unpaired) electrons. The molecule has 0 bridgehead atoms. The van der Waals surface area contributed by atoms with Crippen molar-refractivity contribution in [2.45, 2.75) is 43.5 Å². The number of hydrogen-bond donors (Lipinski definition) is 1. The Hall–Kier alpha value is -1.93. The van der Waals surface area contributed by atoms with Crippen LogP contribution in [0.25, 0.3) is 0 Å². The average molecular weight is 420 g/mol. The maximum atomic E-state index is 13.2. The van der Waals surface area contributed by atoms with Crippen molar-refractivity contribution in [3.8, 4) is 0 Å². The normalized spacial score (nSPS) is 30.5. The number of carbonyl (C=O) groups is 2. The zero-order valence-corrected chi connectivity index (χ0v) is 17.8. The lowest BCUT2D eigenvalue weighted by molar-refractivity contribution is -0.134. The molecule has 2 aliphatic heterocycles. The number of rotatable bonds is 4. The van der Waals surface area contributed by atoms with E-state index in [4.69, 9.17) is 0 Å². The van der Waals surface area contributed by atoms with Gasteiger partial charge in [0, 0.05) is 32.6 Å². The highest BCUT2D eigenvalue weighted by molar-refractivity contribution is 7.89. The standard InChI is InChI=1S/C21H29N3O4S/c1-15-8-10-23(11-9-15)20(26)17-12-21(17)13-18(19(25)22-2)24(14-21)29(27,28)16-6-4-3-5-7-16/h3-7,15,17-18H,8-14H2,1-2H3,(H,22,25)/t17-,18+,21+/m1/s1. The van der Waals surface area contributed by atoms with Gasteiger partial charge in [-0.1, -0.05) is 25.1 Å². The SMILES string of the molecule is CNC(=O)[C@@H]1C[C@@]2(C[C@@H]2C(=O)N2CCC(C)CC2)CN1S(=O)(=O)c1ccccc1. The second-order valence-corrected chi connectivity index (χ2v) is 10.7. The summed E-state index contributed by atoms with van der Waals surface area (Å²) in [5.74, 6) is 0.277. The highest BCUT2D eigenvalue weighted by Gasteiger charge is 2.66. The molecule has 1 aliphatic carbocycles. The van der Waals surface area contributed by atoms with Crippen LogP contribution < -0.4 is 5.32 Å². The summed E-state index contributed by atoms with van der Waals surface area (Å²) in [7, 11) is -2.29. The lowest BCUT2D eigenvalue weighted by Crippen LogP contribution is -2.44. The number of amides is 2. The molecule has 1 spiro atoms. The molecule has 7 nitrogen and oxygen atoms in total. The molecule has 1 aromatic rings. The molecule has 158 valence electrons. The molecule has 0 aromatic heterocycles. The predicted octanol–water partition coefficient (Wildman–Crippen LogP) is 1.46. The molecule has 0 unspecified atom stereocenters. The van der Waals surface area contributed by atoms with Crippen molar-refractivity contribution in [2.24, 2.45) is 17.3 Å². The van der Waals surface area contributed by atoms with Gasteiger partial charge in [-0.2, -0.15) is 4.31 Å². The second-order valence-electron chi connectivity index (χ2n) is 8.82. The molecular formula is C21H29N3O4S. The Bertz CT molecular complexity index is 896. The van der Waals surface area contributed by atoms with Crippen LogP contribution in [0, 0.1) is 17.3 Å². The zero-order valence-electron chi connectivity index (χ0n) is 17.0. The maximum absolute atomic E-state index is 13.2. The third-order valence-electron chi connectivity index (χ3n) is 6.90. The smallest absolute Gasteiger partial charge is 0.243 e. The highest BCUT2D eigenvalue weighted by Crippen LogP contribution is 2.61. The van der Waals surface area contributed by atoms with E-state index in [1.807, 2.05) is 4.90 Å². The monoisotopic (exact) mass is 419 g/mol. The van der Waals surface area contributed by atoms with Crippen LogP contribution in [-0.4, -0.2) is 62.2 Å². The fourth-order valence-electron chi connectivity index (χ4n) is 4.89. The molecule has 3 aliphatic rings. The van der Waals surface area contributed by atoms with Crippen molar-refractivity contribution in [3.05, 3.63) is 30.3 Å². The number of benzene rings is 1. The third-order valence-corrected chi connectivity index (χ3v) is 8.77. The van der Waals surface area contributed by atoms with Gasteiger partial charge in [0.2, 0.25) is 21.8 Å². The number of sulfonamides is 1. The van der Waals surface area contributed by atoms with Gasteiger partial charge < -0.3 is 10.2 Å². The Kier molecular flexibility index (Phi) is 5.19. The number of likely N-dealkylation sites (N-methyl/N-ethyl adjacent to an activating group) is 1. The van der Waals surface area contributed by atoms with Crippen molar-refractivity contribution < 1.29 is 18.0 Å². The van der Waals surface area contributed by atoms with Gasteiger partial charge in [-0.15, -0.1) is 0 Å². The number of nitrogens with one attached hydrogen (secondary N) is 1. The summed E-state index contributed by atoms with van der Waals surface area (Å²) in [5, 5.41) is 2.60. The van der Waals surface area contributed by atoms with E-state index in [1.165, 1.54) is 11.4 Å². The minimum absolute atomic E-state index is 0.131. The first-order chi connectivity index (χ1) is 13.8. The molecule has 3 atom stereocenters. The largest absolute Gasteiger partial charge is 0.358 e. The van der Waals surface area contributed by atoms with Gasteiger partial charge in [-0.3, -0.25) is 9.59 Å². The van der Waals surface area contributed by atoms with Crippen molar-refractivity contribution in [1.82, 2.24) is 14.5 Å². The molecule has 1 saturated carbocycles. The summed E-state index contributed by atoms with van der Waals surface area (Å²) in [6.45, 7) is 3.98. The lowest BCUT2D eigenvalue weighted by atomic mass is 9.96. The van der Waals surface area contributed by atoms with Gasteiger partial charge >= 0.3 is 0 Å². The number of piperidine rings is 1. The zero-order chi connectivity index (χ0) is 20.8. The van der Waals surface area contributed by atoms with Crippen LogP contribution in [-0.2, 0) is 19.6 Å². The molecule has 29 heavy (non-hydrogen) atoms. The van der Waals surface area contributed by atoms with E-state index in [1.54, 1.807) is 30.3 Å². The minimum atomic E-state index is -3.81. The molecule has 3 fully saturated rings. The van der Waals surface area contributed by atoms with E-state index in [0.29, 0.717) is 18.8 Å². The quantitative estimate of drug-likeness (QED) is 0.801. The Balaban J connectivity index is 1.56. The topological polar surface area (TPSA) is 86.8 Å². The van der Waals surface area contributed by atoms with Gasteiger partial charge in [0.05, 0.1) is 4.90 Å². The van der Waals surface area contributed by atoms with Gasteiger partial charge in [-0.25, -0.2) is 8.42 Å². The third kappa shape index (κ3) is 3.57. The predicted molar refractivity (Wildman–Crippen MR) is 108 cm³/mol. The highest BCUT2D eigenvalue weighted by atomic mass is 32.2. The second kappa shape index (κ2) is 7.40. The molecule has 4 rings (SSSR count). The summed E-state index contributed by atoms with van der Waals surface area (Å²) in [4.78, 5) is 27.7. The van der Waals surface area contributed by atoms with Crippen molar-refractivity contribution in [2.75, 3.05) is 26.7 Å². The molecule has 2 amide bonds. The number of hydrogen-bond acceptors (Lipinski definition) is 4. The maximum Gasteiger partial charge on any atom is 0.243 e. The Morgan fingerprint density at radius 1 is 1.10 bits per heavy atom. The van der Waals surface area contributed by atoms with Gasteiger partial charge in [-0.05, 0) is 49.1 Å². The fraction of sp³-hybridized carbons (Fsp3) is 0.619. The van der Waals surface area contributed by atoms with Crippen LogP contribution in [0.5, 0.6) is 0 Å². The molecular weight excluding hydrogens is 390 g/mol. The van der Waals surface area contributed by atoms with Crippen LogP contribution >= 0.6 is 0 Å². The van der Waals surface area contributed by atoms with Crippen molar-refractivity contribution in [3.63, 3.8) is 0 Å². The van der Waals surface area contributed by atoms with Gasteiger partial charge in [0.25, 0.3) is 0 Å². The molecule has 1 aromatic carbocycles. The van der Waals surface area contributed by atoms with Gasteiger partial charge in [0.1, 0.15) is 6.04 Å². The molecule has 2 saturated heterocycles. The van der Waals surface area contributed by atoms with Crippen LogP contribution in [0.4, 0.5) is 0 Å². The van der Waals surface area contributed by atoms with E-state index in [9.17, 15) is 18.0 Å². The van der Waals surface area contributed by atoms with Crippen molar-refractivity contribution in [1.29, 1.82) is 0 Å². The van der Waals surface area contributed by atoms with E-state index in [-0.39, 0.29) is 29.2 Å². The average Bonchev–Trinajstić information content (AvgIpc) is 3.28. The van der Waals surface area contributed by atoms with Crippen molar-refractivity contribution >= 4 is 21.8 Å². The summed E-state index contributed by atoms with van der Waals surface area (Å²) >= 11 is 0. The minimum Gasteiger partial charge on any atom is -0.358 e. The fourth-order valence-corrected chi connectivity index (χ4v) is 6.59. The number of carbonyl (C=O) groups excluding carboxylic acids is 2. The Morgan fingerprint density at radius 3 is 2.38 bits per heavy atom. The van der Waals surface area contributed by atoms with Crippen LogP contribution in [0.3, 0.4) is 0 Å². The summed E-state index contributed by atoms with van der Waals surface area (Å²) in [6, 6.07) is 7.43. The molecule has 8 heteroatoms. The Morgan fingerprint density at radius 2 is 1.76 bits per heavy atom. The van der Waals surface area contributed by atoms with E-state index in [2.05, 4.69) is 12.2 Å². The van der Waals surface area contributed by atoms with E-state index in [0.717, 1.165) is 25.9 Å². The first kappa shape index (κ1) is 20.3.